The lowest BCUT2D eigenvalue weighted by Crippen LogP contribution is -2.22. The van der Waals surface area contributed by atoms with Crippen LogP contribution in [0.2, 0.25) is 0 Å². The molecule has 0 aromatic carbocycles. The average Bonchev–Trinajstić information content (AvgIpc) is 2.43. The molecule has 0 saturated heterocycles. The second kappa shape index (κ2) is 7.85. The number of esters is 1. The van der Waals surface area contributed by atoms with Gasteiger partial charge >= 0.3 is 5.97 Å². The molecule has 1 amide bonds. The molecule has 0 saturated carbocycles. The molecule has 0 radical (unpaired) electrons. The number of rotatable bonds is 4. The van der Waals surface area contributed by atoms with Gasteiger partial charge in [-0.25, -0.2) is 4.79 Å². The van der Waals surface area contributed by atoms with Gasteiger partial charge in [0.05, 0.1) is 0 Å². The smallest absolute Gasteiger partial charge is 0.331 e. The first-order valence-electron chi connectivity index (χ1n) is 6.40. The fraction of sp³-hybridized carbons (Fsp3) is 0.429. The Kier molecular flexibility index (Phi) is 6.14. The molecule has 2 N–H and O–H groups in total. The number of amides is 1. The molecule has 1 aliphatic rings. The number of carbonyl (C=O) groups is 2. The van der Waals surface area contributed by atoms with E-state index in [-0.39, 0.29) is 4.92 Å². The van der Waals surface area contributed by atoms with Crippen LogP contribution in [0, 0.1) is 22.0 Å². The quantitative estimate of drug-likeness (QED) is 0.270. The molecule has 2 atom stereocenters. The molecule has 0 aromatic heterocycles. The predicted molar refractivity (Wildman–Crippen MR) is 74.4 cm³/mol. The Bertz CT molecular complexity index is 553. The van der Waals surface area contributed by atoms with E-state index in [1.807, 2.05) is 6.08 Å². The summed E-state index contributed by atoms with van der Waals surface area (Å²) in [5.41, 5.74) is 5.57. The van der Waals surface area contributed by atoms with E-state index in [1.165, 1.54) is 19.1 Å². The molecule has 0 spiro atoms. The van der Waals surface area contributed by atoms with Crippen molar-refractivity contribution >= 4 is 11.9 Å². The van der Waals surface area contributed by atoms with E-state index in [0.29, 0.717) is 19.3 Å². The molecular formula is C14H16N2O5. The Morgan fingerprint density at radius 2 is 2.33 bits per heavy atom. The van der Waals surface area contributed by atoms with Crippen LogP contribution in [-0.4, -0.2) is 28.9 Å². The number of primary amides is 1. The van der Waals surface area contributed by atoms with E-state index in [1.54, 1.807) is 0 Å². The SMILES string of the molecule is C[C@H](C#CC(N)=O)OC(=O)/C=C/C1=CCCC([N+](=O)[O-])C1. The van der Waals surface area contributed by atoms with Gasteiger partial charge in [-0.15, -0.1) is 0 Å². The average molecular weight is 292 g/mol. The van der Waals surface area contributed by atoms with Crippen LogP contribution >= 0.6 is 0 Å². The number of hydrogen-bond donors (Lipinski definition) is 1. The van der Waals surface area contributed by atoms with Crippen LogP contribution in [0.3, 0.4) is 0 Å². The summed E-state index contributed by atoms with van der Waals surface area (Å²) in [6, 6.07) is -0.606. The van der Waals surface area contributed by atoms with Gasteiger partial charge in [-0.2, -0.15) is 0 Å². The van der Waals surface area contributed by atoms with Crippen LogP contribution in [0.1, 0.15) is 26.2 Å². The highest BCUT2D eigenvalue weighted by molar-refractivity contribution is 5.92. The second-order valence-corrected chi connectivity index (χ2v) is 4.55. The van der Waals surface area contributed by atoms with Gasteiger partial charge in [-0.3, -0.25) is 14.9 Å². The van der Waals surface area contributed by atoms with E-state index in [2.05, 4.69) is 11.8 Å². The molecule has 1 rings (SSSR count). The van der Waals surface area contributed by atoms with Crippen LogP contribution in [0.15, 0.2) is 23.8 Å². The molecule has 1 aliphatic carbocycles. The molecular weight excluding hydrogens is 276 g/mol. The summed E-state index contributed by atoms with van der Waals surface area (Å²) < 4.78 is 4.90. The van der Waals surface area contributed by atoms with E-state index in [0.717, 1.165) is 5.57 Å². The number of carbonyl (C=O) groups excluding carboxylic acids is 2. The van der Waals surface area contributed by atoms with Crippen molar-refractivity contribution in [2.75, 3.05) is 0 Å². The van der Waals surface area contributed by atoms with Crippen LogP contribution in [0.4, 0.5) is 0 Å². The molecule has 0 heterocycles. The summed E-state index contributed by atoms with van der Waals surface area (Å²) in [6.07, 6.45) is 5.22. The highest BCUT2D eigenvalue weighted by Crippen LogP contribution is 2.21. The van der Waals surface area contributed by atoms with Gasteiger partial charge in [-0.05, 0) is 30.8 Å². The topological polar surface area (TPSA) is 113 Å². The zero-order chi connectivity index (χ0) is 15.8. The van der Waals surface area contributed by atoms with Crippen molar-refractivity contribution < 1.29 is 19.2 Å². The van der Waals surface area contributed by atoms with E-state index >= 15 is 0 Å². The number of ether oxygens (including phenoxy) is 1. The van der Waals surface area contributed by atoms with Crippen LogP contribution < -0.4 is 5.73 Å². The summed E-state index contributed by atoms with van der Waals surface area (Å²) >= 11 is 0. The second-order valence-electron chi connectivity index (χ2n) is 4.55. The molecule has 112 valence electrons. The van der Waals surface area contributed by atoms with Crippen molar-refractivity contribution in [1.82, 2.24) is 0 Å². The van der Waals surface area contributed by atoms with Crippen molar-refractivity contribution in [3.05, 3.63) is 33.9 Å². The van der Waals surface area contributed by atoms with Gasteiger partial charge in [0.25, 0.3) is 5.91 Å². The van der Waals surface area contributed by atoms with Crippen LogP contribution in [0.5, 0.6) is 0 Å². The van der Waals surface area contributed by atoms with Crippen molar-refractivity contribution in [2.45, 2.75) is 38.3 Å². The van der Waals surface area contributed by atoms with Crippen molar-refractivity contribution in [2.24, 2.45) is 5.73 Å². The Labute approximate surface area is 122 Å². The van der Waals surface area contributed by atoms with Gasteiger partial charge in [0, 0.05) is 23.8 Å². The molecule has 0 fully saturated rings. The van der Waals surface area contributed by atoms with E-state index in [4.69, 9.17) is 10.5 Å². The minimum absolute atomic E-state index is 0.299. The van der Waals surface area contributed by atoms with Gasteiger partial charge in [0.2, 0.25) is 6.04 Å². The number of nitrogens with two attached hydrogens (primary N) is 1. The highest BCUT2D eigenvalue weighted by Gasteiger charge is 2.23. The molecule has 21 heavy (non-hydrogen) atoms. The lowest BCUT2D eigenvalue weighted by atomic mass is 9.95. The molecule has 7 heteroatoms. The Balaban J connectivity index is 2.51. The van der Waals surface area contributed by atoms with Gasteiger partial charge in [0.15, 0.2) is 6.10 Å². The molecule has 0 aromatic rings. The first-order chi connectivity index (χ1) is 9.88. The minimum atomic E-state index is -0.799. The Morgan fingerprint density at radius 3 is 2.95 bits per heavy atom. The van der Waals surface area contributed by atoms with Gasteiger partial charge < -0.3 is 10.5 Å². The summed E-state index contributed by atoms with van der Waals surface area (Å²) in [4.78, 5) is 32.4. The van der Waals surface area contributed by atoms with Gasteiger partial charge in [0.1, 0.15) is 0 Å². The summed E-state index contributed by atoms with van der Waals surface area (Å²) in [6.45, 7) is 1.50. The standard InChI is InChI=1S/C14H16N2O5/c1-10(5-7-13(15)17)21-14(18)8-6-11-3-2-4-12(9-11)16(19)20/h3,6,8,10,12H,2,4,9H2,1H3,(H2,15,17)/b8-6+/t10-,12?/m1/s1. The van der Waals surface area contributed by atoms with Crippen LogP contribution in [-0.2, 0) is 14.3 Å². The van der Waals surface area contributed by atoms with E-state index < -0.39 is 24.0 Å². The maximum atomic E-state index is 11.5. The van der Waals surface area contributed by atoms with Crippen molar-refractivity contribution in [3.63, 3.8) is 0 Å². The molecule has 7 nitrogen and oxygen atoms in total. The monoisotopic (exact) mass is 292 g/mol. The van der Waals surface area contributed by atoms with Crippen molar-refractivity contribution in [1.29, 1.82) is 0 Å². The number of nitro groups is 1. The first-order valence-corrected chi connectivity index (χ1v) is 6.40. The fourth-order valence-corrected chi connectivity index (χ4v) is 1.83. The summed E-state index contributed by atoms with van der Waals surface area (Å²) in [5, 5.41) is 10.7. The number of hydrogen-bond acceptors (Lipinski definition) is 5. The summed E-state index contributed by atoms with van der Waals surface area (Å²) in [5.74, 6) is 3.01. The largest absolute Gasteiger partial charge is 0.446 e. The fourth-order valence-electron chi connectivity index (χ4n) is 1.83. The molecule has 0 aliphatic heterocycles. The third-order valence-corrected chi connectivity index (χ3v) is 2.80. The maximum Gasteiger partial charge on any atom is 0.331 e. The zero-order valence-corrected chi connectivity index (χ0v) is 11.6. The molecule has 1 unspecified atom stereocenters. The number of nitrogens with zero attached hydrogens (tertiary/aromatic N) is 1. The maximum absolute atomic E-state index is 11.5. The zero-order valence-electron chi connectivity index (χ0n) is 11.6. The summed E-state index contributed by atoms with van der Waals surface area (Å²) in [7, 11) is 0. The van der Waals surface area contributed by atoms with Gasteiger partial charge in [-0.1, -0.05) is 12.2 Å². The predicted octanol–water partition coefficient (Wildman–Crippen LogP) is 0.719. The van der Waals surface area contributed by atoms with Crippen molar-refractivity contribution in [3.8, 4) is 11.8 Å². The third kappa shape index (κ3) is 6.38. The molecule has 0 bridgehead atoms. The lowest BCUT2D eigenvalue weighted by Gasteiger charge is -2.14. The Morgan fingerprint density at radius 1 is 1.62 bits per heavy atom. The minimum Gasteiger partial charge on any atom is -0.446 e. The Hall–Kier alpha value is -2.62. The third-order valence-electron chi connectivity index (χ3n) is 2.80. The highest BCUT2D eigenvalue weighted by atomic mass is 16.6. The normalized spacial score (nSPS) is 19.1. The first kappa shape index (κ1) is 16.4. The lowest BCUT2D eigenvalue weighted by molar-refractivity contribution is -0.523. The van der Waals surface area contributed by atoms with Crippen LogP contribution in [0.25, 0.3) is 0 Å². The van der Waals surface area contributed by atoms with E-state index in [9.17, 15) is 19.7 Å². The number of allylic oxidation sites excluding steroid dienone is 2.